The van der Waals surface area contributed by atoms with Gasteiger partial charge in [-0.25, -0.2) is 0 Å². The Morgan fingerprint density at radius 2 is 2.36 bits per heavy atom. The van der Waals surface area contributed by atoms with Crippen LogP contribution in [0.5, 0.6) is 0 Å². The lowest BCUT2D eigenvalue weighted by Gasteiger charge is -2.04. The monoisotopic (exact) mass is 156 g/mol. The van der Waals surface area contributed by atoms with E-state index in [1.54, 1.807) is 0 Å². The second-order valence-electron chi connectivity index (χ2n) is 3.99. The van der Waals surface area contributed by atoms with Gasteiger partial charge in [0.15, 0.2) is 0 Å². The van der Waals surface area contributed by atoms with Crippen molar-refractivity contribution in [2.45, 2.75) is 32.3 Å². The molecule has 0 radical (unpaired) electrons. The molecule has 2 fully saturated rings. The minimum Gasteiger partial charge on any atom is -0.396 e. The van der Waals surface area contributed by atoms with Crippen LogP contribution in [-0.2, 0) is 4.74 Å². The summed E-state index contributed by atoms with van der Waals surface area (Å²) in [6.07, 6.45) is 3.99. The highest BCUT2D eigenvalue weighted by atomic mass is 16.5. The second-order valence-corrected chi connectivity index (χ2v) is 3.99. The van der Waals surface area contributed by atoms with E-state index in [0.29, 0.717) is 24.0 Å². The molecule has 2 rings (SSSR count). The molecule has 3 unspecified atom stereocenters. The third kappa shape index (κ3) is 1.09. The van der Waals surface area contributed by atoms with Gasteiger partial charge in [-0.3, -0.25) is 0 Å². The molecule has 0 aromatic carbocycles. The molecule has 0 bridgehead atoms. The van der Waals surface area contributed by atoms with E-state index in [1.165, 1.54) is 12.8 Å². The van der Waals surface area contributed by atoms with Crippen LogP contribution in [0, 0.1) is 11.3 Å². The Morgan fingerprint density at radius 3 is 2.82 bits per heavy atom. The molecule has 0 aromatic rings. The van der Waals surface area contributed by atoms with Gasteiger partial charge in [-0.2, -0.15) is 0 Å². The van der Waals surface area contributed by atoms with Gasteiger partial charge in [0.1, 0.15) is 0 Å². The van der Waals surface area contributed by atoms with Crippen LogP contribution in [0.25, 0.3) is 0 Å². The van der Waals surface area contributed by atoms with Gasteiger partial charge in [0.25, 0.3) is 0 Å². The van der Waals surface area contributed by atoms with Gasteiger partial charge in [-0.1, -0.05) is 6.92 Å². The minimum atomic E-state index is 0.361. The average molecular weight is 156 g/mol. The predicted octanol–water partition coefficient (Wildman–Crippen LogP) is 1.18. The van der Waals surface area contributed by atoms with Crippen LogP contribution in [0.1, 0.15) is 26.2 Å². The third-order valence-electron chi connectivity index (χ3n) is 3.28. The lowest BCUT2D eigenvalue weighted by molar-refractivity contribution is 0.100. The van der Waals surface area contributed by atoms with Gasteiger partial charge in [-0.15, -0.1) is 0 Å². The predicted molar refractivity (Wildman–Crippen MR) is 42.3 cm³/mol. The second kappa shape index (κ2) is 2.46. The Balaban J connectivity index is 1.91. The lowest BCUT2D eigenvalue weighted by atomic mass is 9.99. The smallest absolute Gasteiger partial charge is 0.0579 e. The third-order valence-corrected chi connectivity index (χ3v) is 3.28. The largest absolute Gasteiger partial charge is 0.396 e. The van der Waals surface area contributed by atoms with Crippen molar-refractivity contribution in [1.82, 2.24) is 0 Å². The Hall–Kier alpha value is -0.0800. The fraction of sp³-hybridized carbons (Fsp3) is 1.00. The quantitative estimate of drug-likeness (QED) is 0.650. The van der Waals surface area contributed by atoms with Gasteiger partial charge >= 0.3 is 0 Å². The molecule has 11 heavy (non-hydrogen) atoms. The normalized spacial score (nSPS) is 48.5. The molecule has 1 heterocycles. The van der Waals surface area contributed by atoms with Crippen molar-refractivity contribution in [1.29, 1.82) is 0 Å². The summed E-state index contributed by atoms with van der Waals surface area (Å²) in [4.78, 5) is 0. The van der Waals surface area contributed by atoms with Crippen molar-refractivity contribution >= 4 is 0 Å². The van der Waals surface area contributed by atoms with Gasteiger partial charge in [0, 0.05) is 12.0 Å². The molecule has 2 heteroatoms. The number of aliphatic hydroxyl groups excluding tert-OH is 1. The van der Waals surface area contributed by atoms with Crippen molar-refractivity contribution in [2.24, 2.45) is 11.3 Å². The molecule has 1 N–H and O–H groups in total. The molecule has 1 aliphatic carbocycles. The summed E-state index contributed by atoms with van der Waals surface area (Å²) in [5.74, 6) is 0.555. The zero-order valence-electron chi connectivity index (χ0n) is 7.05. The fourth-order valence-corrected chi connectivity index (χ4v) is 2.23. The van der Waals surface area contributed by atoms with Crippen LogP contribution in [0.3, 0.4) is 0 Å². The highest BCUT2D eigenvalue weighted by Gasteiger charge is 2.57. The van der Waals surface area contributed by atoms with E-state index < -0.39 is 0 Å². The Morgan fingerprint density at radius 1 is 1.55 bits per heavy atom. The summed E-state index contributed by atoms with van der Waals surface area (Å²) in [6.45, 7) is 3.43. The van der Waals surface area contributed by atoms with E-state index in [9.17, 15) is 0 Å². The van der Waals surface area contributed by atoms with E-state index in [4.69, 9.17) is 9.84 Å². The number of hydrogen-bond acceptors (Lipinski definition) is 2. The fourth-order valence-electron chi connectivity index (χ4n) is 2.23. The molecule has 64 valence electrons. The highest BCUT2D eigenvalue weighted by Crippen LogP contribution is 2.59. The van der Waals surface area contributed by atoms with Crippen LogP contribution < -0.4 is 0 Å². The van der Waals surface area contributed by atoms with Gasteiger partial charge in [-0.05, 0) is 25.2 Å². The maximum absolute atomic E-state index is 8.94. The van der Waals surface area contributed by atoms with E-state index in [0.717, 1.165) is 13.0 Å². The summed E-state index contributed by atoms with van der Waals surface area (Å²) in [7, 11) is 0. The number of rotatable bonds is 2. The van der Waals surface area contributed by atoms with Gasteiger partial charge < -0.3 is 9.84 Å². The maximum Gasteiger partial charge on any atom is 0.0579 e. The molecule has 0 amide bonds. The van der Waals surface area contributed by atoms with Crippen molar-refractivity contribution in [3.05, 3.63) is 0 Å². The van der Waals surface area contributed by atoms with E-state index in [2.05, 4.69) is 6.92 Å². The van der Waals surface area contributed by atoms with E-state index in [-0.39, 0.29) is 0 Å². The molecule has 1 saturated heterocycles. The first kappa shape index (κ1) is 7.56. The molecular formula is C9H16O2. The van der Waals surface area contributed by atoms with Crippen molar-refractivity contribution in [3.63, 3.8) is 0 Å². The number of ether oxygens (including phenoxy) is 1. The summed E-state index contributed by atoms with van der Waals surface area (Å²) < 4.78 is 5.60. The number of hydrogen-bond donors (Lipinski definition) is 1. The Labute approximate surface area is 67.6 Å². The molecule has 2 nitrogen and oxygen atoms in total. The van der Waals surface area contributed by atoms with Crippen LogP contribution in [0.15, 0.2) is 0 Å². The molecule has 0 aromatic heterocycles. The molecule has 1 aliphatic heterocycles. The minimum absolute atomic E-state index is 0.361. The molecule has 1 saturated carbocycles. The van der Waals surface area contributed by atoms with E-state index >= 15 is 0 Å². The zero-order chi connectivity index (χ0) is 7.90. The summed E-state index contributed by atoms with van der Waals surface area (Å²) in [5.41, 5.74) is 0.412. The van der Waals surface area contributed by atoms with Crippen LogP contribution >= 0.6 is 0 Å². The summed E-state index contributed by atoms with van der Waals surface area (Å²) >= 11 is 0. The highest BCUT2D eigenvalue weighted by molar-refractivity contribution is 5.05. The van der Waals surface area contributed by atoms with Crippen molar-refractivity contribution in [2.75, 3.05) is 13.2 Å². The zero-order valence-corrected chi connectivity index (χ0v) is 7.05. The first-order valence-electron chi connectivity index (χ1n) is 4.53. The first-order valence-corrected chi connectivity index (χ1v) is 4.53. The van der Waals surface area contributed by atoms with Crippen molar-refractivity contribution < 1.29 is 9.84 Å². The van der Waals surface area contributed by atoms with Crippen LogP contribution in [0.4, 0.5) is 0 Å². The topological polar surface area (TPSA) is 29.5 Å². The van der Waals surface area contributed by atoms with Gasteiger partial charge in [0.2, 0.25) is 0 Å². The average Bonchev–Trinajstić information content (AvgIpc) is 2.53. The molecule has 3 atom stereocenters. The SMILES string of the molecule is CCC1CC2(CO1)CC2CO. The van der Waals surface area contributed by atoms with Crippen molar-refractivity contribution in [3.8, 4) is 0 Å². The molecule has 1 spiro atoms. The Bertz CT molecular complexity index is 154. The lowest BCUT2D eigenvalue weighted by Crippen LogP contribution is -2.06. The van der Waals surface area contributed by atoms with Gasteiger partial charge in [0.05, 0.1) is 12.7 Å². The standard InChI is InChI=1S/C9H16O2/c1-2-8-4-9(6-11-8)3-7(9)5-10/h7-8,10H,2-6H2,1H3. The molecule has 2 aliphatic rings. The Kier molecular flexibility index (Phi) is 1.69. The first-order chi connectivity index (χ1) is 5.30. The number of aliphatic hydroxyl groups is 1. The summed E-state index contributed by atoms with van der Waals surface area (Å²) in [6, 6.07) is 0. The van der Waals surface area contributed by atoms with Crippen LogP contribution in [-0.4, -0.2) is 24.4 Å². The van der Waals surface area contributed by atoms with Crippen LogP contribution in [0.2, 0.25) is 0 Å². The van der Waals surface area contributed by atoms with E-state index in [1.807, 2.05) is 0 Å². The maximum atomic E-state index is 8.94. The molecular weight excluding hydrogens is 140 g/mol. The summed E-state index contributed by atoms with van der Waals surface area (Å²) in [5, 5.41) is 8.94.